The molecule has 5 heterocycles. The summed E-state index contributed by atoms with van der Waals surface area (Å²) in [5, 5.41) is 24.2. The number of para-hydroxylation sites is 2. The van der Waals surface area contributed by atoms with Crippen LogP contribution in [0, 0.1) is 10.1 Å². The van der Waals surface area contributed by atoms with E-state index in [1.54, 1.807) is 45.0 Å². The third kappa shape index (κ3) is 8.30. The van der Waals surface area contributed by atoms with Crippen LogP contribution in [0.3, 0.4) is 0 Å². The van der Waals surface area contributed by atoms with Crippen LogP contribution in [0.15, 0.2) is 71.7 Å². The smallest absolute Gasteiger partial charge is 0.410 e. The molecule has 1 amide bonds. The quantitative estimate of drug-likeness (QED) is 0.103. The van der Waals surface area contributed by atoms with Crippen molar-refractivity contribution in [2.24, 2.45) is 0 Å². The van der Waals surface area contributed by atoms with E-state index in [1.807, 2.05) is 64.3 Å². The van der Waals surface area contributed by atoms with Crippen molar-refractivity contribution in [1.29, 1.82) is 0 Å². The molecule has 0 spiro atoms. The number of aliphatic hydroxyl groups is 1. The molecule has 1 saturated heterocycles. The van der Waals surface area contributed by atoms with Crippen molar-refractivity contribution in [3.05, 3.63) is 93.2 Å². The zero-order chi connectivity index (χ0) is 36.0. The van der Waals surface area contributed by atoms with E-state index in [0.717, 1.165) is 47.2 Å². The SMILES string of the molecule is CC.CC(C)(C)OC(=O)N1CCN(Cc2csc3nc(-c4ccccc4N)cn23)CC1.O=[N+]([O-])c1ccccc1-c1cn2c(CO)csc2n1. The molecule has 0 atom stereocenters. The predicted molar refractivity (Wildman–Crippen MR) is 198 cm³/mol. The number of nitrogen functional groups attached to an aromatic ring is 1. The number of amides is 1. The zero-order valence-electron chi connectivity index (χ0n) is 28.8. The number of aromatic nitrogens is 4. The summed E-state index contributed by atoms with van der Waals surface area (Å²) in [5.41, 5.74) is 11.2. The highest BCUT2D eigenvalue weighted by Gasteiger charge is 2.26. The topological polar surface area (TPSA) is 157 Å². The van der Waals surface area contributed by atoms with Crippen LogP contribution in [0.25, 0.3) is 32.4 Å². The maximum Gasteiger partial charge on any atom is 0.410 e. The van der Waals surface area contributed by atoms with Gasteiger partial charge in [-0.25, -0.2) is 14.8 Å². The number of ether oxygens (including phenoxy) is 1. The Morgan fingerprint density at radius 3 is 2.02 bits per heavy atom. The molecule has 50 heavy (non-hydrogen) atoms. The molecule has 4 aromatic heterocycles. The molecule has 0 saturated carbocycles. The van der Waals surface area contributed by atoms with E-state index >= 15 is 0 Å². The number of nitro groups is 1. The van der Waals surface area contributed by atoms with Crippen LogP contribution in [-0.4, -0.2) is 76.5 Å². The molecule has 0 aliphatic carbocycles. The van der Waals surface area contributed by atoms with Gasteiger partial charge in [0.25, 0.3) is 5.69 Å². The average Bonchev–Trinajstić information content (AvgIpc) is 3.88. The van der Waals surface area contributed by atoms with Gasteiger partial charge < -0.3 is 20.5 Å². The standard InChI is InChI=1S/C21H27N5O2S.C12H9N3O3S.C2H6/c1-21(2,3)28-20(27)25-10-8-24(9-11-25)12-15-14-29-19-23-18(13-26(15)19)16-6-4-5-7-17(16)22;16-6-8-7-19-12-13-10(5-14(8)12)9-3-1-2-4-11(9)15(17)18;1-2/h4-7,13-14H,8-12,22H2,1-3H3;1-5,7,16H,6H2;1-2H3. The summed E-state index contributed by atoms with van der Waals surface area (Å²) in [6.07, 6.45) is 3.54. The number of piperazine rings is 1. The number of carbonyl (C=O) groups is 1. The highest BCUT2D eigenvalue weighted by molar-refractivity contribution is 7.15. The maximum atomic E-state index is 12.2. The number of imidazole rings is 2. The van der Waals surface area contributed by atoms with E-state index < -0.39 is 10.5 Å². The third-order valence-electron chi connectivity index (χ3n) is 7.75. The Kier molecular flexibility index (Phi) is 11.5. The van der Waals surface area contributed by atoms with Crippen LogP contribution in [0.4, 0.5) is 16.2 Å². The summed E-state index contributed by atoms with van der Waals surface area (Å²) < 4.78 is 9.37. The fourth-order valence-corrected chi connectivity index (χ4v) is 7.10. The highest BCUT2D eigenvalue weighted by Crippen LogP contribution is 2.31. The molecular weight excluding hydrogens is 677 g/mol. The fourth-order valence-electron chi connectivity index (χ4n) is 5.37. The van der Waals surface area contributed by atoms with E-state index in [1.165, 1.54) is 23.1 Å². The van der Waals surface area contributed by atoms with Gasteiger partial charge in [0, 0.05) is 78.9 Å². The van der Waals surface area contributed by atoms with Crippen LogP contribution in [0.5, 0.6) is 0 Å². The summed E-state index contributed by atoms with van der Waals surface area (Å²) in [6, 6.07) is 14.3. The number of nitrogens with two attached hydrogens (primary N) is 1. The van der Waals surface area contributed by atoms with Crippen molar-refractivity contribution in [3.8, 4) is 22.5 Å². The second-order valence-electron chi connectivity index (χ2n) is 12.3. The zero-order valence-corrected chi connectivity index (χ0v) is 30.4. The van der Waals surface area contributed by atoms with Gasteiger partial charge in [-0.3, -0.25) is 23.8 Å². The lowest BCUT2D eigenvalue weighted by atomic mass is 10.1. The molecule has 6 aromatic rings. The van der Waals surface area contributed by atoms with E-state index in [2.05, 4.69) is 25.9 Å². The summed E-state index contributed by atoms with van der Waals surface area (Å²) in [6.45, 7) is 13.4. The molecule has 13 nitrogen and oxygen atoms in total. The second kappa shape index (κ2) is 15.8. The molecule has 1 aliphatic heterocycles. The largest absolute Gasteiger partial charge is 0.444 e. The van der Waals surface area contributed by atoms with Crippen LogP contribution >= 0.6 is 22.7 Å². The van der Waals surface area contributed by atoms with E-state index in [4.69, 9.17) is 15.5 Å². The Labute approximate surface area is 298 Å². The minimum Gasteiger partial charge on any atom is -0.444 e. The molecule has 0 bridgehead atoms. The van der Waals surface area contributed by atoms with Crippen molar-refractivity contribution in [2.75, 3.05) is 31.9 Å². The number of anilines is 1. The number of hydrogen-bond acceptors (Lipinski definition) is 11. The minimum atomic E-state index is -0.461. The van der Waals surface area contributed by atoms with Crippen molar-refractivity contribution in [2.45, 2.75) is 53.4 Å². The molecule has 0 unspecified atom stereocenters. The molecule has 0 radical (unpaired) electrons. The summed E-state index contributed by atoms with van der Waals surface area (Å²) in [4.78, 5) is 37.7. The lowest BCUT2D eigenvalue weighted by molar-refractivity contribution is -0.384. The van der Waals surface area contributed by atoms with Gasteiger partial charge in [0.1, 0.15) is 5.60 Å². The summed E-state index contributed by atoms with van der Waals surface area (Å²) in [5.74, 6) is 0. The van der Waals surface area contributed by atoms with Gasteiger partial charge in [0.15, 0.2) is 9.92 Å². The average molecular weight is 719 g/mol. The Morgan fingerprint density at radius 2 is 1.44 bits per heavy atom. The lowest BCUT2D eigenvalue weighted by Gasteiger charge is -2.35. The van der Waals surface area contributed by atoms with Crippen LogP contribution in [0.2, 0.25) is 0 Å². The summed E-state index contributed by atoms with van der Waals surface area (Å²) in [7, 11) is 0. The van der Waals surface area contributed by atoms with Crippen molar-refractivity contribution < 1.29 is 19.6 Å². The molecule has 264 valence electrons. The fraction of sp³-hybridized carbons (Fsp3) is 0.343. The molecular formula is C35H42N8O5S2. The molecule has 2 aromatic carbocycles. The van der Waals surface area contributed by atoms with Gasteiger partial charge in [-0.2, -0.15) is 0 Å². The molecule has 15 heteroatoms. The van der Waals surface area contributed by atoms with Crippen LogP contribution < -0.4 is 5.73 Å². The first-order chi connectivity index (χ1) is 24.0. The lowest BCUT2D eigenvalue weighted by Crippen LogP contribution is -2.49. The van der Waals surface area contributed by atoms with Gasteiger partial charge in [-0.1, -0.05) is 44.2 Å². The number of hydrogen-bond donors (Lipinski definition) is 2. The number of thiazole rings is 2. The Hall–Kier alpha value is -4.83. The van der Waals surface area contributed by atoms with Crippen molar-refractivity contribution >= 4 is 50.1 Å². The first-order valence-corrected chi connectivity index (χ1v) is 18.1. The summed E-state index contributed by atoms with van der Waals surface area (Å²) >= 11 is 3.03. The van der Waals surface area contributed by atoms with E-state index in [9.17, 15) is 20.0 Å². The first-order valence-electron chi connectivity index (χ1n) is 16.3. The van der Waals surface area contributed by atoms with Crippen LogP contribution in [-0.2, 0) is 17.9 Å². The predicted octanol–water partition coefficient (Wildman–Crippen LogP) is 7.19. The number of nitro benzene ring substituents is 1. The number of aliphatic hydroxyl groups excluding tert-OH is 1. The number of benzene rings is 2. The minimum absolute atomic E-state index is 0.0267. The van der Waals surface area contributed by atoms with Crippen molar-refractivity contribution in [1.82, 2.24) is 28.6 Å². The number of fused-ring (bicyclic) bond motifs is 2. The van der Waals surface area contributed by atoms with Gasteiger partial charge >= 0.3 is 6.09 Å². The Bertz CT molecular complexity index is 2070. The normalized spacial score (nSPS) is 13.4. The van der Waals surface area contributed by atoms with Gasteiger partial charge in [-0.05, 0) is 32.9 Å². The molecule has 7 rings (SSSR count). The van der Waals surface area contributed by atoms with Gasteiger partial charge in [0.05, 0.1) is 34.2 Å². The van der Waals surface area contributed by atoms with Crippen LogP contribution in [0.1, 0.15) is 46.0 Å². The molecule has 3 N–H and O–H groups in total. The van der Waals surface area contributed by atoms with E-state index in [-0.39, 0.29) is 18.4 Å². The number of carbonyl (C=O) groups excluding carboxylic acids is 1. The van der Waals surface area contributed by atoms with E-state index in [0.29, 0.717) is 29.3 Å². The van der Waals surface area contributed by atoms with Gasteiger partial charge in [-0.15, -0.1) is 22.7 Å². The monoisotopic (exact) mass is 718 g/mol. The molecule has 1 aliphatic rings. The maximum absolute atomic E-state index is 12.2. The first kappa shape index (κ1) is 36.5. The van der Waals surface area contributed by atoms with Gasteiger partial charge in [0.2, 0.25) is 0 Å². The van der Waals surface area contributed by atoms with Crippen molar-refractivity contribution in [3.63, 3.8) is 0 Å². The second-order valence-corrected chi connectivity index (χ2v) is 13.9. The highest BCUT2D eigenvalue weighted by atomic mass is 32.1. The Balaban J connectivity index is 0.000000200. The Morgan fingerprint density at radius 1 is 0.900 bits per heavy atom. The molecule has 1 fully saturated rings. The number of rotatable bonds is 6. The number of nitrogens with zero attached hydrogens (tertiary/aromatic N) is 7. The third-order valence-corrected chi connectivity index (χ3v) is 9.53.